The number of halogens is 1. The van der Waals surface area contributed by atoms with Gasteiger partial charge in [0, 0.05) is 56.5 Å². The van der Waals surface area contributed by atoms with E-state index in [2.05, 4.69) is 24.8 Å². The number of pyridine rings is 1. The molecule has 0 spiro atoms. The van der Waals surface area contributed by atoms with Gasteiger partial charge in [0.15, 0.2) is 11.6 Å². The lowest BCUT2D eigenvalue weighted by atomic mass is 10.0. The summed E-state index contributed by atoms with van der Waals surface area (Å²) in [6, 6.07) is 4.83. The fraction of sp³-hybridized carbons (Fsp3) is 0.438. The molecule has 2 aliphatic heterocycles. The minimum Gasteiger partial charge on any atom is -0.481 e. The monoisotopic (exact) mass is 315 g/mol. The maximum atomic E-state index is 13.9. The van der Waals surface area contributed by atoms with E-state index in [1.807, 2.05) is 0 Å². The second kappa shape index (κ2) is 5.64. The van der Waals surface area contributed by atoms with Crippen LogP contribution < -0.4 is 14.5 Å². The highest BCUT2D eigenvalue weighted by molar-refractivity contribution is 5.43. The summed E-state index contributed by atoms with van der Waals surface area (Å²) < 4.78 is 19.1. The van der Waals surface area contributed by atoms with Crippen molar-refractivity contribution in [3.8, 4) is 5.88 Å². The summed E-state index contributed by atoms with van der Waals surface area (Å²) in [7, 11) is 1.60. The lowest BCUT2D eigenvalue weighted by Crippen LogP contribution is -2.30. The molecule has 4 heterocycles. The number of rotatable bonds is 3. The summed E-state index contributed by atoms with van der Waals surface area (Å²) in [6.45, 7) is 3.39. The molecule has 0 saturated carbocycles. The molecule has 2 aliphatic rings. The third-order valence-corrected chi connectivity index (χ3v) is 4.63. The summed E-state index contributed by atoms with van der Waals surface area (Å²) in [5, 5.41) is 0. The molecule has 2 atom stereocenters. The van der Waals surface area contributed by atoms with Crippen molar-refractivity contribution < 1.29 is 9.13 Å². The number of nitrogens with zero attached hydrogens (tertiary/aromatic N) is 5. The van der Waals surface area contributed by atoms with Crippen molar-refractivity contribution in [2.75, 3.05) is 43.1 Å². The molecule has 2 aromatic heterocycles. The van der Waals surface area contributed by atoms with Gasteiger partial charge in [0.2, 0.25) is 11.8 Å². The quantitative estimate of drug-likeness (QED) is 0.857. The molecule has 7 heteroatoms. The molecule has 0 bridgehead atoms. The molecule has 2 aromatic rings. The Bertz CT molecular complexity index is 698. The topological polar surface area (TPSA) is 54.4 Å². The highest BCUT2D eigenvalue weighted by Crippen LogP contribution is 2.35. The average Bonchev–Trinajstić information content (AvgIpc) is 3.14. The summed E-state index contributed by atoms with van der Waals surface area (Å²) in [4.78, 5) is 17.2. The molecule has 6 nitrogen and oxygen atoms in total. The summed E-state index contributed by atoms with van der Waals surface area (Å²) in [5.74, 6) is 2.45. The molecule has 2 fully saturated rings. The second-order valence-electron chi connectivity index (χ2n) is 6.04. The van der Waals surface area contributed by atoms with Crippen molar-refractivity contribution >= 4 is 11.8 Å². The van der Waals surface area contributed by atoms with Crippen LogP contribution in [0.25, 0.3) is 0 Å². The van der Waals surface area contributed by atoms with E-state index in [-0.39, 0.29) is 5.82 Å². The zero-order chi connectivity index (χ0) is 15.8. The third-order valence-electron chi connectivity index (χ3n) is 4.63. The van der Waals surface area contributed by atoms with Gasteiger partial charge >= 0.3 is 0 Å². The van der Waals surface area contributed by atoms with Crippen molar-refractivity contribution in [2.45, 2.75) is 0 Å². The van der Waals surface area contributed by atoms with Crippen LogP contribution in [-0.4, -0.2) is 48.2 Å². The van der Waals surface area contributed by atoms with E-state index in [0.717, 1.165) is 26.2 Å². The van der Waals surface area contributed by atoms with E-state index in [1.165, 1.54) is 6.07 Å². The van der Waals surface area contributed by atoms with Crippen molar-refractivity contribution in [1.82, 2.24) is 15.0 Å². The van der Waals surface area contributed by atoms with E-state index < -0.39 is 0 Å². The molecule has 0 amide bonds. The lowest BCUT2D eigenvalue weighted by Gasteiger charge is -2.22. The van der Waals surface area contributed by atoms with Gasteiger partial charge in [-0.05, 0) is 12.1 Å². The van der Waals surface area contributed by atoms with Gasteiger partial charge < -0.3 is 14.5 Å². The van der Waals surface area contributed by atoms with Gasteiger partial charge in [-0.15, -0.1) is 0 Å². The van der Waals surface area contributed by atoms with Gasteiger partial charge in [0.25, 0.3) is 0 Å². The molecule has 4 rings (SSSR count). The van der Waals surface area contributed by atoms with Gasteiger partial charge in [-0.1, -0.05) is 0 Å². The molecular formula is C16H18FN5O. The van der Waals surface area contributed by atoms with Crippen LogP contribution in [0.5, 0.6) is 5.88 Å². The number of hydrogen-bond donors (Lipinski definition) is 0. The molecule has 120 valence electrons. The van der Waals surface area contributed by atoms with Gasteiger partial charge in [-0.2, -0.15) is 4.98 Å². The smallest absolute Gasteiger partial charge is 0.228 e. The minimum absolute atomic E-state index is 0.250. The largest absolute Gasteiger partial charge is 0.481 e. The Morgan fingerprint density at radius 2 is 1.78 bits per heavy atom. The van der Waals surface area contributed by atoms with E-state index in [0.29, 0.717) is 29.5 Å². The highest BCUT2D eigenvalue weighted by atomic mass is 19.1. The standard InChI is InChI=1S/C16H18FN5O/c1-23-14-4-6-19-16(20-14)22-9-11-7-21(8-12(11)10-22)15-13(17)3-2-5-18-15/h2-6,11-12H,7-10H2,1H3. The molecule has 2 saturated heterocycles. The van der Waals surface area contributed by atoms with Gasteiger partial charge in [-0.3, -0.25) is 0 Å². The molecule has 0 radical (unpaired) electrons. The Kier molecular flexibility index (Phi) is 3.48. The minimum atomic E-state index is -0.250. The van der Waals surface area contributed by atoms with E-state index >= 15 is 0 Å². The van der Waals surface area contributed by atoms with Gasteiger partial charge in [0.1, 0.15) is 0 Å². The summed E-state index contributed by atoms with van der Waals surface area (Å²) >= 11 is 0. The average molecular weight is 315 g/mol. The van der Waals surface area contributed by atoms with E-state index in [1.54, 1.807) is 31.6 Å². The highest BCUT2D eigenvalue weighted by Gasteiger charge is 2.41. The molecular weight excluding hydrogens is 297 g/mol. The van der Waals surface area contributed by atoms with Crippen LogP contribution in [0.15, 0.2) is 30.6 Å². The van der Waals surface area contributed by atoms with E-state index in [4.69, 9.17) is 4.74 Å². The normalized spacial score (nSPS) is 23.2. The Balaban J connectivity index is 1.47. The van der Waals surface area contributed by atoms with Crippen molar-refractivity contribution in [2.24, 2.45) is 11.8 Å². The maximum absolute atomic E-state index is 13.9. The third kappa shape index (κ3) is 2.56. The van der Waals surface area contributed by atoms with Crippen LogP contribution in [0.4, 0.5) is 16.2 Å². The fourth-order valence-corrected chi connectivity index (χ4v) is 3.54. The Labute approximate surface area is 133 Å². The Morgan fingerprint density at radius 3 is 2.48 bits per heavy atom. The first kappa shape index (κ1) is 14.2. The predicted molar refractivity (Wildman–Crippen MR) is 84.2 cm³/mol. The first-order valence-corrected chi connectivity index (χ1v) is 7.72. The van der Waals surface area contributed by atoms with Gasteiger partial charge in [0.05, 0.1) is 7.11 Å². The first-order valence-electron chi connectivity index (χ1n) is 7.72. The fourth-order valence-electron chi connectivity index (χ4n) is 3.54. The maximum Gasteiger partial charge on any atom is 0.228 e. The van der Waals surface area contributed by atoms with Crippen LogP contribution in [0.2, 0.25) is 0 Å². The van der Waals surface area contributed by atoms with Crippen LogP contribution in [0.3, 0.4) is 0 Å². The number of fused-ring (bicyclic) bond motifs is 1. The second-order valence-corrected chi connectivity index (χ2v) is 6.04. The molecule has 23 heavy (non-hydrogen) atoms. The number of ether oxygens (including phenoxy) is 1. The summed E-state index contributed by atoms with van der Waals surface area (Å²) in [6.07, 6.45) is 3.35. The van der Waals surface area contributed by atoms with Crippen LogP contribution >= 0.6 is 0 Å². The van der Waals surface area contributed by atoms with Crippen molar-refractivity contribution in [3.63, 3.8) is 0 Å². The number of anilines is 2. The molecule has 0 aromatic carbocycles. The zero-order valence-electron chi connectivity index (χ0n) is 12.9. The Morgan fingerprint density at radius 1 is 1.04 bits per heavy atom. The SMILES string of the molecule is COc1ccnc(N2CC3CN(c4ncccc4F)CC3C2)n1. The predicted octanol–water partition coefficient (Wildman–Crippen LogP) is 1.59. The summed E-state index contributed by atoms with van der Waals surface area (Å²) in [5.41, 5.74) is 0. The lowest BCUT2D eigenvalue weighted by molar-refractivity contribution is 0.397. The zero-order valence-corrected chi connectivity index (χ0v) is 12.9. The van der Waals surface area contributed by atoms with Crippen LogP contribution in [-0.2, 0) is 0 Å². The molecule has 0 N–H and O–H groups in total. The van der Waals surface area contributed by atoms with Crippen molar-refractivity contribution in [3.05, 3.63) is 36.4 Å². The number of methoxy groups -OCH3 is 1. The molecule has 2 unspecified atom stereocenters. The number of hydrogen-bond acceptors (Lipinski definition) is 6. The van der Waals surface area contributed by atoms with Gasteiger partial charge in [-0.25, -0.2) is 14.4 Å². The number of aromatic nitrogens is 3. The van der Waals surface area contributed by atoms with E-state index in [9.17, 15) is 4.39 Å². The Hall–Kier alpha value is -2.44. The molecule has 0 aliphatic carbocycles. The van der Waals surface area contributed by atoms with Crippen LogP contribution in [0.1, 0.15) is 0 Å². The van der Waals surface area contributed by atoms with Crippen molar-refractivity contribution in [1.29, 1.82) is 0 Å². The van der Waals surface area contributed by atoms with Crippen LogP contribution in [0, 0.1) is 17.7 Å². The first-order chi connectivity index (χ1) is 11.2.